The van der Waals surface area contributed by atoms with Crippen molar-refractivity contribution in [3.05, 3.63) is 87.0 Å². The van der Waals surface area contributed by atoms with E-state index < -0.39 is 16.1 Å². The lowest BCUT2D eigenvalue weighted by Gasteiger charge is -2.15. The summed E-state index contributed by atoms with van der Waals surface area (Å²) in [5.74, 6) is 1.32. The number of sulfonamides is 1. The van der Waals surface area contributed by atoms with Crippen LogP contribution in [0.5, 0.6) is 11.5 Å². The Morgan fingerprint density at radius 1 is 1.03 bits per heavy atom. The van der Waals surface area contributed by atoms with Crippen LogP contribution in [-0.4, -0.2) is 32.7 Å². The number of thiazole rings is 1. The zero-order valence-electron chi connectivity index (χ0n) is 18.5. The molecule has 1 unspecified atom stereocenters. The van der Waals surface area contributed by atoms with E-state index >= 15 is 0 Å². The number of halogens is 1. The summed E-state index contributed by atoms with van der Waals surface area (Å²) in [5, 5.41) is 0.622. The summed E-state index contributed by atoms with van der Waals surface area (Å²) < 4.78 is 41.5. The van der Waals surface area contributed by atoms with Gasteiger partial charge in [-0.25, -0.2) is 13.1 Å². The topological polar surface area (TPSA) is 86.6 Å². The molecule has 0 bridgehead atoms. The monoisotopic (exact) mass is 518 g/mol. The fourth-order valence-corrected chi connectivity index (χ4v) is 5.78. The van der Waals surface area contributed by atoms with Crippen molar-refractivity contribution in [2.45, 2.75) is 24.4 Å². The van der Waals surface area contributed by atoms with Gasteiger partial charge in [0.25, 0.3) is 0 Å². The molecule has 7 nitrogen and oxygen atoms in total. The number of fused-ring (bicyclic) bond motifs is 1. The fraction of sp³-hybridized carbons (Fsp3) is 0.208. The highest BCUT2D eigenvalue weighted by Gasteiger charge is 2.20. The van der Waals surface area contributed by atoms with Gasteiger partial charge >= 0.3 is 4.87 Å². The minimum absolute atomic E-state index is 0.0937. The Morgan fingerprint density at radius 3 is 2.38 bits per heavy atom. The Labute approximate surface area is 206 Å². The zero-order valence-corrected chi connectivity index (χ0v) is 20.9. The molecule has 0 aliphatic carbocycles. The van der Waals surface area contributed by atoms with Crippen LogP contribution in [0, 0.1) is 0 Å². The van der Waals surface area contributed by atoms with Crippen molar-refractivity contribution in [2.75, 3.05) is 13.7 Å². The van der Waals surface area contributed by atoms with E-state index in [1.165, 1.54) is 12.1 Å². The summed E-state index contributed by atoms with van der Waals surface area (Å²) in [7, 11) is -2.22. The van der Waals surface area contributed by atoms with Crippen molar-refractivity contribution in [1.82, 2.24) is 9.29 Å². The Bertz CT molecular complexity index is 1450. The van der Waals surface area contributed by atoms with Crippen molar-refractivity contribution in [1.29, 1.82) is 0 Å². The number of nitrogens with zero attached hydrogens (tertiary/aromatic N) is 1. The van der Waals surface area contributed by atoms with Crippen LogP contribution in [-0.2, 0) is 16.6 Å². The Hall–Kier alpha value is -2.85. The third-order valence-electron chi connectivity index (χ3n) is 5.12. The molecule has 10 heteroatoms. The van der Waals surface area contributed by atoms with Gasteiger partial charge in [-0.2, -0.15) is 0 Å². The molecule has 0 fully saturated rings. The molecule has 1 atom stereocenters. The number of ether oxygens (including phenoxy) is 2. The average molecular weight is 519 g/mol. The van der Waals surface area contributed by atoms with Crippen LogP contribution < -0.4 is 19.1 Å². The van der Waals surface area contributed by atoms with Gasteiger partial charge in [0.05, 0.1) is 34.8 Å². The smallest absolute Gasteiger partial charge is 0.308 e. The Kier molecular flexibility index (Phi) is 7.27. The molecule has 3 aromatic carbocycles. The van der Waals surface area contributed by atoms with E-state index in [9.17, 15) is 13.2 Å². The van der Waals surface area contributed by atoms with Gasteiger partial charge in [-0.1, -0.05) is 35.1 Å². The van der Waals surface area contributed by atoms with Crippen molar-refractivity contribution < 1.29 is 17.9 Å². The third kappa shape index (κ3) is 5.61. The number of nitrogens with one attached hydrogen (secondary N) is 1. The third-order valence-corrected chi connectivity index (χ3v) is 7.90. The second-order valence-electron chi connectivity index (χ2n) is 7.72. The molecule has 0 spiro atoms. The van der Waals surface area contributed by atoms with Gasteiger partial charge in [-0.05, 0) is 67.1 Å². The molecule has 34 heavy (non-hydrogen) atoms. The van der Waals surface area contributed by atoms with Crippen LogP contribution in [0.4, 0.5) is 0 Å². The lowest BCUT2D eigenvalue weighted by atomic mass is 10.2. The summed E-state index contributed by atoms with van der Waals surface area (Å²) in [4.78, 5) is 12.5. The predicted octanol–water partition coefficient (Wildman–Crippen LogP) is 4.52. The van der Waals surface area contributed by atoms with Gasteiger partial charge in [-0.3, -0.25) is 9.36 Å². The molecule has 178 valence electrons. The number of hydrogen-bond acceptors (Lipinski definition) is 6. The first-order valence-electron chi connectivity index (χ1n) is 10.4. The van der Waals surface area contributed by atoms with E-state index in [-0.39, 0.29) is 16.4 Å². The fourth-order valence-electron chi connectivity index (χ4n) is 3.40. The SMILES string of the molecule is COc1ccc(OCC(C)NS(=O)(=O)c2ccc3c(c2)sc(=O)n3Cc2ccc(Cl)cc2)cc1. The summed E-state index contributed by atoms with van der Waals surface area (Å²) in [6.07, 6.45) is 0. The second kappa shape index (κ2) is 10.2. The minimum atomic E-state index is -3.80. The van der Waals surface area contributed by atoms with E-state index in [2.05, 4.69) is 4.72 Å². The van der Waals surface area contributed by atoms with Crippen molar-refractivity contribution in [3.8, 4) is 11.5 Å². The average Bonchev–Trinajstić information content (AvgIpc) is 3.13. The van der Waals surface area contributed by atoms with Crippen LogP contribution in [0.3, 0.4) is 0 Å². The van der Waals surface area contributed by atoms with E-state index in [1.807, 2.05) is 12.1 Å². The minimum Gasteiger partial charge on any atom is -0.497 e. The number of methoxy groups -OCH3 is 1. The molecule has 0 aliphatic heterocycles. The first-order valence-corrected chi connectivity index (χ1v) is 13.1. The molecule has 0 aliphatic rings. The maximum atomic E-state index is 12.9. The molecule has 1 aromatic heterocycles. The lowest BCUT2D eigenvalue weighted by Crippen LogP contribution is -2.36. The van der Waals surface area contributed by atoms with Crippen molar-refractivity contribution >= 4 is 43.2 Å². The molecule has 0 saturated carbocycles. The highest BCUT2D eigenvalue weighted by atomic mass is 35.5. The predicted molar refractivity (Wildman–Crippen MR) is 135 cm³/mol. The quantitative estimate of drug-likeness (QED) is 0.352. The van der Waals surface area contributed by atoms with Crippen LogP contribution >= 0.6 is 22.9 Å². The summed E-state index contributed by atoms with van der Waals surface area (Å²) in [5.41, 5.74) is 1.61. The van der Waals surface area contributed by atoms with Crippen LogP contribution in [0.2, 0.25) is 5.02 Å². The van der Waals surface area contributed by atoms with Gasteiger partial charge in [0, 0.05) is 5.02 Å². The highest BCUT2D eigenvalue weighted by molar-refractivity contribution is 7.89. The summed E-state index contributed by atoms with van der Waals surface area (Å²) in [6, 6.07) is 18.5. The van der Waals surface area contributed by atoms with E-state index in [1.54, 1.807) is 61.1 Å². The van der Waals surface area contributed by atoms with Gasteiger partial charge < -0.3 is 9.47 Å². The highest BCUT2D eigenvalue weighted by Crippen LogP contribution is 2.23. The lowest BCUT2D eigenvalue weighted by molar-refractivity contribution is 0.287. The van der Waals surface area contributed by atoms with E-state index in [0.29, 0.717) is 33.3 Å². The second-order valence-corrected chi connectivity index (χ2v) is 10.9. The van der Waals surface area contributed by atoms with E-state index in [0.717, 1.165) is 16.9 Å². The summed E-state index contributed by atoms with van der Waals surface area (Å²) >= 11 is 6.95. The number of benzene rings is 3. The van der Waals surface area contributed by atoms with Crippen molar-refractivity contribution in [3.63, 3.8) is 0 Å². The Morgan fingerprint density at radius 2 is 1.71 bits per heavy atom. The van der Waals surface area contributed by atoms with Gasteiger partial charge in [-0.15, -0.1) is 0 Å². The first kappa shape index (κ1) is 24.3. The van der Waals surface area contributed by atoms with Gasteiger partial charge in [0.1, 0.15) is 18.1 Å². The van der Waals surface area contributed by atoms with Crippen LogP contribution in [0.25, 0.3) is 10.2 Å². The van der Waals surface area contributed by atoms with E-state index in [4.69, 9.17) is 21.1 Å². The molecule has 0 saturated heterocycles. The molecule has 4 aromatic rings. The first-order chi connectivity index (χ1) is 16.2. The largest absolute Gasteiger partial charge is 0.497 e. The molecule has 4 rings (SSSR count). The molecular weight excluding hydrogens is 496 g/mol. The number of aromatic nitrogens is 1. The molecule has 1 heterocycles. The number of rotatable bonds is 9. The zero-order chi connectivity index (χ0) is 24.3. The maximum Gasteiger partial charge on any atom is 0.308 e. The van der Waals surface area contributed by atoms with Crippen LogP contribution in [0.15, 0.2) is 76.4 Å². The Balaban J connectivity index is 1.47. The summed E-state index contributed by atoms with van der Waals surface area (Å²) in [6.45, 7) is 2.25. The molecule has 0 amide bonds. The molecular formula is C24H23ClN2O5S2. The standard InChI is InChI=1S/C24H23ClN2O5S2/c1-16(15-32-20-9-7-19(31-2)8-10-20)26-34(29,30)21-11-12-22-23(13-21)33-24(28)27(22)14-17-3-5-18(25)6-4-17/h3-13,16,26H,14-15H2,1-2H3. The normalized spacial score (nSPS) is 12.6. The molecule has 0 radical (unpaired) electrons. The molecule has 1 N–H and O–H groups in total. The van der Waals surface area contributed by atoms with Crippen LogP contribution in [0.1, 0.15) is 12.5 Å². The van der Waals surface area contributed by atoms with Gasteiger partial charge in [0.2, 0.25) is 10.0 Å². The van der Waals surface area contributed by atoms with Crippen molar-refractivity contribution in [2.24, 2.45) is 0 Å². The number of hydrogen-bond donors (Lipinski definition) is 1. The maximum absolute atomic E-state index is 12.9. The van der Waals surface area contributed by atoms with Gasteiger partial charge in [0.15, 0.2) is 0 Å².